The number of ketones is 1. The van der Waals surface area contributed by atoms with Crippen molar-refractivity contribution in [3.05, 3.63) is 28.8 Å². The smallest absolute Gasteiger partial charge is 0.176 e. The highest BCUT2D eigenvalue weighted by atomic mass is 35.5. The van der Waals surface area contributed by atoms with E-state index in [1.54, 1.807) is 25.3 Å². The lowest BCUT2D eigenvalue weighted by atomic mass is 10.1. The maximum atomic E-state index is 12.3. The Kier molecular flexibility index (Phi) is 6.03. The van der Waals surface area contributed by atoms with Crippen LogP contribution < -0.4 is 4.74 Å². The summed E-state index contributed by atoms with van der Waals surface area (Å²) >= 11 is 6.05. The first-order valence-electron chi connectivity index (χ1n) is 7.27. The maximum Gasteiger partial charge on any atom is 0.176 e. The van der Waals surface area contributed by atoms with Crippen molar-refractivity contribution in [1.29, 1.82) is 0 Å². The lowest BCUT2D eigenvalue weighted by molar-refractivity contribution is -0.000668. The summed E-state index contributed by atoms with van der Waals surface area (Å²) in [5.41, 5.74) is 0.609. The van der Waals surface area contributed by atoms with E-state index < -0.39 is 0 Å². The van der Waals surface area contributed by atoms with Crippen LogP contribution in [-0.4, -0.2) is 50.6 Å². The molecule has 0 saturated carbocycles. The van der Waals surface area contributed by atoms with Crippen molar-refractivity contribution in [1.82, 2.24) is 4.90 Å². The van der Waals surface area contributed by atoms with Crippen LogP contribution in [0.1, 0.15) is 29.6 Å². The highest BCUT2D eigenvalue weighted by Gasteiger charge is 2.18. The van der Waals surface area contributed by atoms with Gasteiger partial charge in [-0.1, -0.05) is 11.6 Å². The molecule has 1 aromatic rings. The Balaban J connectivity index is 1.89. The quantitative estimate of drug-likeness (QED) is 0.757. The Labute approximate surface area is 131 Å². The Bertz CT molecular complexity index is 486. The number of methoxy groups -OCH3 is 1. The number of rotatable bonds is 6. The largest absolute Gasteiger partial charge is 0.495 e. The SMILES string of the molecule is COc1ccc(C(=O)CN(C)CC2CCCCO2)cc1Cl. The van der Waals surface area contributed by atoms with Crippen LogP contribution in [0.5, 0.6) is 5.75 Å². The molecule has 1 aliphatic heterocycles. The third kappa shape index (κ3) is 4.70. The van der Waals surface area contributed by atoms with Crippen LogP contribution in [0.3, 0.4) is 0 Å². The zero-order chi connectivity index (χ0) is 15.2. The third-order valence-corrected chi connectivity index (χ3v) is 3.97. The van der Waals surface area contributed by atoms with E-state index in [-0.39, 0.29) is 11.9 Å². The topological polar surface area (TPSA) is 38.8 Å². The highest BCUT2D eigenvalue weighted by molar-refractivity contribution is 6.32. The number of halogens is 1. The van der Waals surface area contributed by atoms with Gasteiger partial charge in [0.1, 0.15) is 5.75 Å². The second-order valence-electron chi connectivity index (χ2n) is 5.46. The van der Waals surface area contributed by atoms with Crippen molar-refractivity contribution < 1.29 is 14.3 Å². The molecule has 5 heteroatoms. The van der Waals surface area contributed by atoms with Crippen molar-refractivity contribution in [2.75, 3.05) is 33.9 Å². The second-order valence-corrected chi connectivity index (χ2v) is 5.87. The van der Waals surface area contributed by atoms with Crippen LogP contribution in [0, 0.1) is 0 Å². The van der Waals surface area contributed by atoms with Crippen molar-refractivity contribution in [3.63, 3.8) is 0 Å². The number of carbonyl (C=O) groups is 1. The Morgan fingerprint density at radius 2 is 2.29 bits per heavy atom. The molecule has 4 nitrogen and oxygen atoms in total. The third-order valence-electron chi connectivity index (χ3n) is 3.68. The van der Waals surface area contributed by atoms with Gasteiger partial charge in [-0.3, -0.25) is 9.69 Å². The number of hydrogen-bond donors (Lipinski definition) is 0. The highest BCUT2D eigenvalue weighted by Crippen LogP contribution is 2.25. The number of likely N-dealkylation sites (N-methyl/N-ethyl adjacent to an activating group) is 1. The van der Waals surface area contributed by atoms with Gasteiger partial charge in [0.15, 0.2) is 5.78 Å². The van der Waals surface area contributed by atoms with Gasteiger partial charge in [0.2, 0.25) is 0 Å². The molecule has 0 aliphatic carbocycles. The minimum atomic E-state index is 0.0536. The molecule has 0 N–H and O–H groups in total. The second kappa shape index (κ2) is 7.78. The molecule has 0 radical (unpaired) electrons. The maximum absolute atomic E-state index is 12.3. The van der Waals surface area contributed by atoms with Crippen molar-refractivity contribution >= 4 is 17.4 Å². The number of hydrogen-bond acceptors (Lipinski definition) is 4. The number of ether oxygens (including phenoxy) is 2. The molecule has 0 aromatic heterocycles. The molecule has 0 amide bonds. The summed E-state index contributed by atoms with van der Waals surface area (Å²) in [6.45, 7) is 1.98. The first-order chi connectivity index (χ1) is 10.1. The van der Waals surface area contributed by atoms with Gasteiger partial charge < -0.3 is 9.47 Å². The number of benzene rings is 1. The van der Waals surface area contributed by atoms with Crippen LogP contribution >= 0.6 is 11.6 Å². The van der Waals surface area contributed by atoms with Crippen LogP contribution in [0.25, 0.3) is 0 Å². The molecule has 1 aromatic carbocycles. The number of Topliss-reactive ketones (excluding diaryl/α,β-unsaturated/α-hetero) is 1. The van der Waals surface area contributed by atoms with Gasteiger partial charge in [-0.15, -0.1) is 0 Å². The van der Waals surface area contributed by atoms with Crippen molar-refractivity contribution in [2.24, 2.45) is 0 Å². The average molecular weight is 312 g/mol. The van der Waals surface area contributed by atoms with E-state index in [2.05, 4.69) is 0 Å². The lowest BCUT2D eigenvalue weighted by Crippen LogP contribution is -2.36. The summed E-state index contributed by atoms with van der Waals surface area (Å²) in [6.07, 6.45) is 3.67. The minimum Gasteiger partial charge on any atom is -0.495 e. The van der Waals surface area contributed by atoms with Crippen LogP contribution in [-0.2, 0) is 4.74 Å². The fraction of sp³-hybridized carbons (Fsp3) is 0.562. The van der Waals surface area contributed by atoms with E-state index in [1.165, 1.54) is 6.42 Å². The van der Waals surface area contributed by atoms with E-state index in [0.717, 1.165) is 26.0 Å². The summed E-state index contributed by atoms with van der Waals surface area (Å²) in [7, 11) is 3.50. The van der Waals surface area contributed by atoms with E-state index in [0.29, 0.717) is 22.9 Å². The van der Waals surface area contributed by atoms with Crippen molar-refractivity contribution in [3.8, 4) is 5.75 Å². The first kappa shape index (κ1) is 16.3. The summed E-state index contributed by atoms with van der Waals surface area (Å²) in [5, 5.41) is 0.460. The molecule has 1 saturated heterocycles. The normalized spacial score (nSPS) is 18.8. The molecular weight excluding hydrogens is 290 g/mol. The molecule has 0 bridgehead atoms. The van der Waals surface area contributed by atoms with Gasteiger partial charge in [0, 0.05) is 18.7 Å². The van der Waals surface area contributed by atoms with Crippen LogP contribution in [0.15, 0.2) is 18.2 Å². The zero-order valence-electron chi connectivity index (χ0n) is 12.6. The summed E-state index contributed by atoms with van der Waals surface area (Å²) in [4.78, 5) is 14.3. The van der Waals surface area contributed by atoms with E-state index in [4.69, 9.17) is 21.1 Å². The van der Waals surface area contributed by atoms with Crippen LogP contribution in [0.2, 0.25) is 5.02 Å². The summed E-state index contributed by atoms with van der Waals surface area (Å²) in [5.74, 6) is 0.634. The predicted molar refractivity (Wildman–Crippen MR) is 83.4 cm³/mol. The molecule has 0 spiro atoms. The lowest BCUT2D eigenvalue weighted by Gasteiger charge is -2.27. The van der Waals surface area contributed by atoms with Crippen LogP contribution in [0.4, 0.5) is 0 Å². The van der Waals surface area contributed by atoms with E-state index >= 15 is 0 Å². The number of nitrogens with zero attached hydrogens (tertiary/aromatic N) is 1. The molecule has 1 heterocycles. The van der Waals surface area contributed by atoms with E-state index in [9.17, 15) is 4.79 Å². The molecule has 21 heavy (non-hydrogen) atoms. The van der Waals surface area contributed by atoms with E-state index in [1.807, 2.05) is 11.9 Å². The van der Waals surface area contributed by atoms with Crippen molar-refractivity contribution in [2.45, 2.75) is 25.4 Å². The Morgan fingerprint density at radius 1 is 1.48 bits per heavy atom. The first-order valence-corrected chi connectivity index (χ1v) is 7.65. The standard InChI is InChI=1S/C16H22ClNO3/c1-18(10-13-5-3-4-8-21-13)11-15(19)12-6-7-16(20-2)14(17)9-12/h6-7,9,13H,3-5,8,10-11H2,1-2H3. The zero-order valence-corrected chi connectivity index (χ0v) is 13.4. The monoisotopic (exact) mass is 311 g/mol. The fourth-order valence-corrected chi connectivity index (χ4v) is 2.80. The Hall–Kier alpha value is -1.10. The predicted octanol–water partition coefficient (Wildman–Crippen LogP) is 3.03. The fourth-order valence-electron chi connectivity index (χ4n) is 2.54. The Morgan fingerprint density at radius 3 is 2.90 bits per heavy atom. The van der Waals surface area contributed by atoms with Gasteiger partial charge in [0.05, 0.1) is 24.8 Å². The molecule has 1 unspecified atom stereocenters. The summed E-state index contributed by atoms with van der Waals surface area (Å²) in [6, 6.07) is 5.13. The molecule has 1 atom stereocenters. The molecule has 116 valence electrons. The summed E-state index contributed by atoms with van der Waals surface area (Å²) < 4.78 is 10.8. The minimum absolute atomic E-state index is 0.0536. The van der Waals surface area contributed by atoms with Gasteiger partial charge in [-0.25, -0.2) is 0 Å². The molecule has 2 rings (SSSR count). The average Bonchev–Trinajstić information content (AvgIpc) is 2.48. The molecule has 1 fully saturated rings. The van der Waals surface area contributed by atoms with Gasteiger partial charge >= 0.3 is 0 Å². The molecule has 1 aliphatic rings. The van der Waals surface area contributed by atoms with Gasteiger partial charge in [0.25, 0.3) is 0 Å². The number of carbonyl (C=O) groups excluding carboxylic acids is 1. The van der Waals surface area contributed by atoms with Gasteiger partial charge in [-0.05, 0) is 44.5 Å². The van der Waals surface area contributed by atoms with Gasteiger partial charge in [-0.2, -0.15) is 0 Å². The molecular formula is C16H22ClNO3.